The van der Waals surface area contributed by atoms with Crippen LogP contribution in [0.4, 0.5) is 18.9 Å². The fourth-order valence-corrected chi connectivity index (χ4v) is 1.88. The van der Waals surface area contributed by atoms with E-state index in [0.717, 1.165) is 18.3 Å². The van der Waals surface area contributed by atoms with E-state index in [1.165, 1.54) is 18.2 Å². The highest BCUT2D eigenvalue weighted by molar-refractivity contribution is 6.32. The first-order valence-electron chi connectivity index (χ1n) is 5.27. The summed E-state index contributed by atoms with van der Waals surface area (Å²) in [6.07, 6.45) is -3.71. The van der Waals surface area contributed by atoms with Crippen LogP contribution in [0.15, 0.2) is 36.5 Å². The third-order valence-corrected chi connectivity index (χ3v) is 2.84. The number of halogens is 4. The van der Waals surface area contributed by atoms with E-state index in [-0.39, 0.29) is 16.3 Å². The lowest BCUT2D eigenvalue weighted by Gasteiger charge is -2.12. The first-order chi connectivity index (χ1) is 9.30. The summed E-state index contributed by atoms with van der Waals surface area (Å²) in [5.41, 5.74) is -1.59. The van der Waals surface area contributed by atoms with Gasteiger partial charge in [0.2, 0.25) is 0 Å². The summed E-state index contributed by atoms with van der Waals surface area (Å²) in [6.45, 7) is 0. The molecule has 1 heterocycles. The minimum atomic E-state index is -4.55. The normalized spacial score (nSPS) is 11.4. The van der Waals surface area contributed by atoms with Crippen molar-refractivity contribution in [2.75, 3.05) is 0 Å². The summed E-state index contributed by atoms with van der Waals surface area (Å²) in [4.78, 5) is 13.5. The lowest BCUT2D eigenvalue weighted by molar-refractivity contribution is -0.385. The van der Waals surface area contributed by atoms with E-state index in [0.29, 0.717) is 0 Å². The standard InChI is InChI=1S/C12H6ClF3N2O2/c13-9-5-10(17-6-11(9)18(19)20)7-3-1-2-4-8(7)12(14,15)16/h1-6H. The van der Waals surface area contributed by atoms with E-state index in [1.807, 2.05) is 0 Å². The van der Waals surface area contributed by atoms with Crippen molar-refractivity contribution in [3.63, 3.8) is 0 Å². The molecular formula is C12H6ClF3N2O2. The van der Waals surface area contributed by atoms with Crippen LogP contribution in [0.5, 0.6) is 0 Å². The molecule has 0 fully saturated rings. The number of nitro groups is 1. The molecule has 2 aromatic rings. The van der Waals surface area contributed by atoms with Gasteiger partial charge in [-0.25, -0.2) is 4.98 Å². The van der Waals surface area contributed by atoms with Crippen LogP contribution in [0.2, 0.25) is 5.02 Å². The minimum Gasteiger partial charge on any atom is -0.258 e. The fourth-order valence-electron chi connectivity index (χ4n) is 1.66. The molecule has 0 aliphatic carbocycles. The van der Waals surface area contributed by atoms with E-state index in [9.17, 15) is 23.3 Å². The molecule has 2 rings (SSSR count). The topological polar surface area (TPSA) is 56.0 Å². The van der Waals surface area contributed by atoms with Gasteiger partial charge >= 0.3 is 11.9 Å². The van der Waals surface area contributed by atoms with Crippen molar-refractivity contribution in [2.24, 2.45) is 0 Å². The van der Waals surface area contributed by atoms with Crippen LogP contribution >= 0.6 is 11.6 Å². The van der Waals surface area contributed by atoms with Gasteiger partial charge in [-0.05, 0) is 12.1 Å². The highest BCUT2D eigenvalue weighted by Gasteiger charge is 2.33. The minimum absolute atomic E-state index is 0.0754. The van der Waals surface area contributed by atoms with E-state index in [2.05, 4.69) is 4.98 Å². The van der Waals surface area contributed by atoms with E-state index < -0.39 is 22.4 Å². The Labute approximate surface area is 116 Å². The molecule has 1 aromatic heterocycles. The van der Waals surface area contributed by atoms with Crippen LogP contribution < -0.4 is 0 Å². The van der Waals surface area contributed by atoms with Gasteiger partial charge < -0.3 is 0 Å². The molecule has 0 aliphatic heterocycles. The van der Waals surface area contributed by atoms with E-state index >= 15 is 0 Å². The summed E-state index contributed by atoms with van der Waals surface area (Å²) in [5, 5.41) is 10.3. The van der Waals surface area contributed by atoms with Gasteiger partial charge in [0, 0.05) is 5.56 Å². The number of benzene rings is 1. The molecule has 0 amide bonds. The second-order valence-corrected chi connectivity index (χ2v) is 4.23. The number of nitrogens with zero attached hydrogens (tertiary/aromatic N) is 2. The predicted molar refractivity (Wildman–Crippen MR) is 66.3 cm³/mol. The molecule has 0 bridgehead atoms. The highest BCUT2D eigenvalue weighted by Crippen LogP contribution is 2.37. The molecule has 0 N–H and O–H groups in total. The number of rotatable bonds is 2. The second kappa shape index (κ2) is 5.09. The van der Waals surface area contributed by atoms with Crippen LogP contribution in [-0.2, 0) is 6.18 Å². The van der Waals surface area contributed by atoms with Crippen molar-refractivity contribution in [1.82, 2.24) is 4.98 Å². The third kappa shape index (κ3) is 2.72. The van der Waals surface area contributed by atoms with Crippen molar-refractivity contribution in [2.45, 2.75) is 6.18 Å². The average Bonchev–Trinajstić information content (AvgIpc) is 2.37. The van der Waals surface area contributed by atoms with Gasteiger partial charge in [-0.1, -0.05) is 29.8 Å². The summed E-state index contributed by atoms with van der Waals surface area (Å²) < 4.78 is 38.6. The first-order valence-corrected chi connectivity index (χ1v) is 5.65. The highest BCUT2D eigenvalue weighted by atomic mass is 35.5. The summed E-state index contributed by atoms with van der Waals surface area (Å²) in [5.74, 6) is 0. The molecule has 0 saturated heterocycles. The average molecular weight is 303 g/mol. The zero-order valence-electron chi connectivity index (χ0n) is 9.69. The molecule has 0 saturated carbocycles. The van der Waals surface area contributed by atoms with Gasteiger partial charge in [0.15, 0.2) is 0 Å². The lowest BCUT2D eigenvalue weighted by atomic mass is 10.0. The molecule has 8 heteroatoms. The van der Waals surface area contributed by atoms with E-state index in [4.69, 9.17) is 11.6 Å². The Bertz CT molecular complexity index is 674. The monoisotopic (exact) mass is 302 g/mol. The Morgan fingerprint density at radius 1 is 1.25 bits per heavy atom. The van der Waals surface area contributed by atoms with Crippen molar-refractivity contribution in [3.05, 3.63) is 57.2 Å². The number of hydrogen-bond donors (Lipinski definition) is 0. The molecule has 104 valence electrons. The maximum Gasteiger partial charge on any atom is 0.417 e. The molecule has 0 aliphatic rings. The Balaban J connectivity index is 2.59. The Hall–Kier alpha value is -2.15. The molecule has 0 spiro atoms. The molecular weight excluding hydrogens is 297 g/mol. The number of pyridine rings is 1. The van der Waals surface area contributed by atoms with Crippen LogP contribution in [0.1, 0.15) is 5.56 Å². The lowest BCUT2D eigenvalue weighted by Crippen LogP contribution is -2.07. The second-order valence-electron chi connectivity index (χ2n) is 3.82. The zero-order valence-corrected chi connectivity index (χ0v) is 10.4. The molecule has 4 nitrogen and oxygen atoms in total. The maximum absolute atomic E-state index is 12.9. The molecule has 1 aromatic carbocycles. The number of alkyl halides is 3. The van der Waals surface area contributed by atoms with Crippen molar-refractivity contribution in [3.8, 4) is 11.3 Å². The Morgan fingerprint density at radius 3 is 2.45 bits per heavy atom. The SMILES string of the molecule is O=[N+]([O-])c1cnc(-c2ccccc2C(F)(F)F)cc1Cl. The van der Waals surface area contributed by atoms with Gasteiger partial charge in [0.25, 0.3) is 0 Å². The zero-order chi connectivity index (χ0) is 14.9. The predicted octanol–water partition coefficient (Wildman–Crippen LogP) is 4.33. The number of hydrogen-bond acceptors (Lipinski definition) is 3. The third-order valence-electron chi connectivity index (χ3n) is 2.54. The van der Waals surface area contributed by atoms with Crippen LogP contribution in [0.25, 0.3) is 11.3 Å². The first kappa shape index (κ1) is 14.3. The van der Waals surface area contributed by atoms with Crippen molar-refractivity contribution < 1.29 is 18.1 Å². The molecule has 0 atom stereocenters. The number of aromatic nitrogens is 1. The van der Waals surface area contributed by atoms with Gasteiger partial charge in [-0.2, -0.15) is 13.2 Å². The molecule has 0 unspecified atom stereocenters. The van der Waals surface area contributed by atoms with Crippen LogP contribution in [0, 0.1) is 10.1 Å². The largest absolute Gasteiger partial charge is 0.417 e. The Kier molecular flexibility index (Phi) is 3.63. The summed E-state index contributed by atoms with van der Waals surface area (Å²) >= 11 is 5.68. The molecule has 20 heavy (non-hydrogen) atoms. The van der Waals surface area contributed by atoms with Crippen molar-refractivity contribution in [1.29, 1.82) is 0 Å². The maximum atomic E-state index is 12.9. The summed E-state index contributed by atoms with van der Waals surface area (Å²) in [7, 11) is 0. The fraction of sp³-hybridized carbons (Fsp3) is 0.0833. The van der Waals surface area contributed by atoms with Gasteiger partial charge in [-0.3, -0.25) is 10.1 Å². The summed E-state index contributed by atoms with van der Waals surface area (Å²) in [6, 6.07) is 5.85. The van der Waals surface area contributed by atoms with E-state index in [1.54, 1.807) is 0 Å². The molecule has 0 radical (unpaired) electrons. The Morgan fingerprint density at radius 2 is 1.90 bits per heavy atom. The van der Waals surface area contributed by atoms with Crippen molar-refractivity contribution >= 4 is 17.3 Å². The van der Waals surface area contributed by atoms with Crippen LogP contribution in [0.3, 0.4) is 0 Å². The smallest absolute Gasteiger partial charge is 0.258 e. The van der Waals surface area contributed by atoms with Crippen LogP contribution in [-0.4, -0.2) is 9.91 Å². The quantitative estimate of drug-likeness (QED) is 0.613. The van der Waals surface area contributed by atoms with Gasteiger partial charge in [0.1, 0.15) is 11.2 Å². The van der Waals surface area contributed by atoms with Gasteiger partial charge in [-0.15, -0.1) is 0 Å². The van der Waals surface area contributed by atoms with Gasteiger partial charge in [0.05, 0.1) is 16.2 Å².